The van der Waals surface area contributed by atoms with Crippen LogP contribution in [0.4, 0.5) is 18.0 Å². The Hall–Kier alpha value is -3.17. The summed E-state index contributed by atoms with van der Waals surface area (Å²) in [6.07, 6.45) is -3.40. The van der Waals surface area contributed by atoms with E-state index in [1.807, 2.05) is 6.92 Å². The number of alkyl halides is 3. The largest absolute Gasteiger partial charge is 0.456 e. The van der Waals surface area contributed by atoms with Gasteiger partial charge in [0.05, 0.1) is 17.0 Å². The van der Waals surface area contributed by atoms with E-state index in [0.29, 0.717) is 43.5 Å². The number of esters is 1. The fourth-order valence-electron chi connectivity index (χ4n) is 4.65. The van der Waals surface area contributed by atoms with Crippen LogP contribution in [0.25, 0.3) is 11.3 Å². The summed E-state index contributed by atoms with van der Waals surface area (Å²) in [5.74, 6) is -0.365. The maximum absolute atomic E-state index is 13.2. The monoisotopic (exact) mass is 505 g/mol. The van der Waals surface area contributed by atoms with Gasteiger partial charge in [0.1, 0.15) is 17.7 Å². The lowest BCUT2D eigenvalue weighted by Crippen LogP contribution is -2.44. The van der Waals surface area contributed by atoms with Crippen LogP contribution in [0.1, 0.15) is 69.9 Å². The molecule has 2 aliphatic rings. The summed E-state index contributed by atoms with van der Waals surface area (Å²) >= 11 is 0. The summed E-state index contributed by atoms with van der Waals surface area (Å²) < 4.78 is 51.0. The molecule has 0 saturated carbocycles. The molecule has 7 nitrogen and oxygen atoms in total. The molecule has 194 valence electrons. The van der Waals surface area contributed by atoms with Gasteiger partial charge in [-0.1, -0.05) is 19.1 Å². The summed E-state index contributed by atoms with van der Waals surface area (Å²) in [6.45, 7) is 7.69. The molecule has 0 N–H and O–H groups in total. The third kappa shape index (κ3) is 5.79. The molecule has 3 atom stereocenters. The van der Waals surface area contributed by atoms with Gasteiger partial charge in [0.2, 0.25) is 0 Å². The maximum Gasteiger partial charge on any atom is 0.416 e. The molecule has 2 unspecified atom stereocenters. The molecule has 1 saturated heterocycles. The first-order valence-corrected chi connectivity index (χ1v) is 12.1. The number of hydrogen-bond acceptors (Lipinski definition) is 6. The molecule has 2 aromatic rings. The van der Waals surface area contributed by atoms with E-state index in [0.717, 1.165) is 12.1 Å². The van der Waals surface area contributed by atoms with Crippen LogP contribution in [0, 0.1) is 5.92 Å². The molecule has 1 aromatic heterocycles. The van der Waals surface area contributed by atoms with Crippen molar-refractivity contribution in [2.24, 2.45) is 5.92 Å². The van der Waals surface area contributed by atoms with Gasteiger partial charge in [0.25, 0.3) is 0 Å². The van der Waals surface area contributed by atoms with Crippen molar-refractivity contribution in [3.63, 3.8) is 0 Å². The van der Waals surface area contributed by atoms with Gasteiger partial charge in [-0.15, -0.1) is 0 Å². The van der Waals surface area contributed by atoms with Gasteiger partial charge in [-0.25, -0.2) is 9.59 Å². The number of fused-ring (bicyclic) bond motifs is 1. The Bertz CT molecular complexity index is 1150. The first kappa shape index (κ1) is 25.9. The van der Waals surface area contributed by atoms with E-state index in [1.54, 1.807) is 26.8 Å². The molecule has 0 radical (unpaired) electrons. The highest BCUT2D eigenvalue weighted by molar-refractivity contribution is 5.82. The minimum atomic E-state index is -4.48. The third-order valence-corrected chi connectivity index (χ3v) is 6.31. The maximum atomic E-state index is 13.2. The molecular weight excluding hydrogens is 475 g/mol. The summed E-state index contributed by atoms with van der Waals surface area (Å²) in [5.41, 5.74) is 0.357. The number of amides is 1. The quantitative estimate of drug-likeness (QED) is 0.496. The summed E-state index contributed by atoms with van der Waals surface area (Å²) in [7, 11) is 0. The van der Waals surface area contributed by atoms with Crippen molar-refractivity contribution in [3.05, 3.63) is 47.2 Å². The summed E-state index contributed by atoms with van der Waals surface area (Å²) in [4.78, 5) is 27.2. The highest BCUT2D eigenvalue weighted by Crippen LogP contribution is 2.38. The first-order valence-electron chi connectivity index (χ1n) is 12.1. The smallest absolute Gasteiger partial charge is 0.416 e. The van der Waals surface area contributed by atoms with Crippen molar-refractivity contribution in [1.29, 1.82) is 0 Å². The molecule has 0 spiro atoms. The fourth-order valence-corrected chi connectivity index (χ4v) is 4.65. The second-order valence-corrected chi connectivity index (χ2v) is 10.5. The van der Waals surface area contributed by atoms with Crippen LogP contribution >= 0.6 is 0 Å². The number of benzene rings is 1. The number of carbonyl (C=O) groups excluding carboxylic acids is 2. The van der Waals surface area contributed by atoms with E-state index in [9.17, 15) is 22.8 Å². The number of rotatable bonds is 3. The molecular formula is C26H30F3N3O4. The Labute approximate surface area is 208 Å². The highest BCUT2D eigenvalue weighted by Gasteiger charge is 2.40. The predicted molar refractivity (Wildman–Crippen MR) is 125 cm³/mol. The Morgan fingerprint density at radius 2 is 1.86 bits per heavy atom. The second kappa shape index (κ2) is 9.71. The molecule has 2 heterocycles. The minimum absolute atomic E-state index is 0.162. The molecule has 4 rings (SSSR count). The molecule has 10 heteroatoms. The fraction of sp³-hybridized carbons (Fsp3) is 0.538. The molecule has 36 heavy (non-hydrogen) atoms. The zero-order chi connectivity index (χ0) is 26.3. The van der Waals surface area contributed by atoms with Crippen LogP contribution in [0.2, 0.25) is 0 Å². The molecule has 1 amide bonds. The van der Waals surface area contributed by atoms with E-state index in [1.165, 1.54) is 17.0 Å². The summed E-state index contributed by atoms with van der Waals surface area (Å²) in [5, 5.41) is 8.42. The average Bonchev–Trinajstić information content (AvgIpc) is 3.28. The van der Waals surface area contributed by atoms with E-state index in [-0.39, 0.29) is 17.2 Å². The Morgan fingerprint density at radius 1 is 1.11 bits per heavy atom. The van der Waals surface area contributed by atoms with Crippen molar-refractivity contribution in [3.8, 4) is 11.3 Å². The van der Waals surface area contributed by atoms with Crippen molar-refractivity contribution >= 4 is 12.1 Å². The lowest BCUT2D eigenvalue weighted by atomic mass is 9.85. The minimum Gasteiger partial charge on any atom is -0.456 e. The SMILES string of the molecule is CC1Cc2nnc(-c3cccc(C(F)(F)F)c3)cc2C(OC(=O)[C@@H]2CCCN2C(=O)OC(C)(C)C)C1. The van der Waals surface area contributed by atoms with Gasteiger partial charge in [0, 0.05) is 17.7 Å². The van der Waals surface area contributed by atoms with Crippen molar-refractivity contribution in [1.82, 2.24) is 15.1 Å². The van der Waals surface area contributed by atoms with E-state index >= 15 is 0 Å². The second-order valence-electron chi connectivity index (χ2n) is 10.5. The summed E-state index contributed by atoms with van der Waals surface area (Å²) in [6, 6.07) is 5.79. The molecule has 1 aliphatic heterocycles. The zero-order valence-electron chi connectivity index (χ0n) is 20.8. The lowest BCUT2D eigenvalue weighted by Gasteiger charge is -2.31. The van der Waals surface area contributed by atoms with E-state index in [2.05, 4.69) is 10.2 Å². The Kier molecular flexibility index (Phi) is 6.99. The van der Waals surface area contributed by atoms with Gasteiger partial charge in [-0.3, -0.25) is 4.90 Å². The number of nitrogens with zero attached hydrogens (tertiary/aromatic N) is 3. The van der Waals surface area contributed by atoms with Gasteiger partial charge in [-0.2, -0.15) is 23.4 Å². The number of halogens is 3. The average molecular weight is 506 g/mol. The predicted octanol–water partition coefficient (Wildman–Crippen LogP) is 5.73. The topological polar surface area (TPSA) is 81.6 Å². The van der Waals surface area contributed by atoms with Crippen LogP contribution in [-0.2, 0) is 26.9 Å². The number of carbonyl (C=O) groups is 2. The number of likely N-dealkylation sites (tertiary alicyclic amines) is 1. The van der Waals surface area contributed by atoms with Crippen LogP contribution in [0.5, 0.6) is 0 Å². The molecule has 1 fully saturated rings. The Morgan fingerprint density at radius 3 is 2.56 bits per heavy atom. The number of aromatic nitrogens is 2. The Balaban J connectivity index is 1.58. The standard InChI is InChI=1S/C26H30F3N3O4/c1-15-11-20-18(14-19(30-31-20)16-7-5-8-17(13-16)26(27,28)29)22(12-15)35-23(33)21-9-6-10-32(21)24(34)36-25(2,3)4/h5,7-8,13-15,21-22H,6,9-12H2,1-4H3/t15?,21-,22?/m0/s1. The van der Waals surface area contributed by atoms with E-state index < -0.39 is 41.5 Å². The van der Waals surface area contributed by atoms with Crippen molar-refractivity contribution in [2.75, 3.05) is 6.54 Å². The molecule has 0 bridgehead atoms. The third-order valence-electron chi connectivity index (χ3n) is 6.31. The van der Waals surface area contributed by atoms with Gasteiger partial charge in [0.15, 0.2) is 0 Å². The number of ether oxygens (including phenoxy) is 2. The van der Waals surface area contributed by atoms with Crippen LogP contribution in [0.3, 0.4) is 0 Å². The zero-order valence-corrected chi connectivity index (χ0v) is 20.8. The van der Waals surface area contributed by atoms with Crippen LogP contribution in [-0.4, -0.2) is 45.3 Å². The molecule has 1 aliphatic carbocycles. The van der Waals surface area contributed by atoms with E-state index in [4.69, 9.17) is 9.47 Å². The number of hydrogen-bond donors (Lipinski definition) is 0. The first-order chi connectivity index (χ1) is 16.8. The van der Waals surface area contributed by atoms with Crippen LogP contribution < -0.4 is 0 Å². The van der Waals surface area contributed by atoms with Gasteiger partial charge >= 0.3 is 18.2 Å². The van der Waals surface area contributed by atoms with Gasteiger partial charge < -0.3 is 9.47 Å². The van der Waals surface area contributed by atoms with Gasteiger partial charge in [-0.05, 0) is 70.6 Å². The van der Waals surface area contributed by atoms with Crippen LogP contribution in [0.15, 0.2) is 30.3 Å². The highest BCUT2D eigenvalue weighted by atomic mass is 19.4. The lowest BCUT2D eigenvalue weighted by molar-refractivity contribution is -0.156. The normalized spacial score (nSPS) is 22.2. The molecule has 1 aromatic carbocycles. The van der Waals surface area contributed by atoms with Crippen molar-refractivity contribution in [2.45, 2.75) is 77.3 Å². The van der Waals surface area contributed by atoms with Crippen molar-refractivity contribution < 1.29 is 32.2 Å².